The fraction of sp³-hybridized carbons (Fsp3) is 0.538. The van der Waals surface area contributed by atoms with Gasteiger partial charge >= 0.3 is 0 Å². The maximum atomic E-state index is 12.2. The summed E-state index contributed by atoms with van der Waals surface area (Å²) in [5.74, 6) is 0.228. The first kappa shape index (κ1) is 12.8. The predicted molar refractivity (Wildman–Crippen MR) is 66.5 cm³/mol. The number of aliphatic hydroxyl groups is 1. The first-order valence-electron chi connectivity index (χ1n) is 6.12. The molecule has 0 atom stereocenters. The molecular weight excluding hydrogens is 232 g/mol. The number of hydrogen-bond donors (Lipinski definition) is 2. The fourth-order valence-corrected chi connectivity index (χ4v) is 2.41. The van der Waals surface area contributed by atoms with Crippen LogP contribution in [0.5, 0.6) is 5.75 Å². The van der Waals surface area contributed by atoms with E-state index in [1.807, 2.05) is 0 Å². The Labute approximate surface area is 106 Å². The van der Waals surface area contributed by atoms with Gasteiger partial charge in [-0.05, 0) is 18.9 Å². The molecule has 0 aromatic carbocycles. The summed E-state index contributed by atoms with van der Waals surface area (Å²) in [5, 5.41) is 12.4. The van der Waals surface area contributed by atoms with Gasteiger partial charge in [0.2, 0.25) is 0 Å². The van der Waals surface area contributed by atoms with Crippen molar-refractivity contribution in [3.05, 3.63) is 24.0 Å². The highest BCUT2D eigenvalue weighted by atomic mass is 16.5. The number of aliphatic hydroxyl groups excluding tert-OH is 1. The first-order chi connectivity index (χ1) is 8.71. The quantitative estimate of drug-likeness (QED) is 0.840. The highest BCUT2D eigenvalue weighted by Crippen LogP contribution is 2.30. The zero-order chi connectivity index (χ0) is 13.0. The Hall–Kier alpha value is -1.62. The van der Waals surface area contributed by atoms with Gasteiger partial charge < -0.3 is 15.2 Å². The third kappa shape index (κ3) is 2.46. The van der Waals surface area contributed by atoms with E-state index in [4.69, 9.17) is 4.74 Å². The second-order valence-electron chi connectivity index (χ2n) is 4.68. The average Bonchev–Trinajstić information content (AvgIpc) is 2.87. The lowest BCUT2D eigenvalue weighted by molar-refractivity contribution is 0.0835. The topological polar surface area (TPSA) is 71.5 Å². The van der Waals surface area contributed by atoms with Crippen LogP contribution in [0.4, 0.5) is 0 Å². The van der Waals surface area contributed by atoms with Gasteiger partial charge in [-0.1, -0.05) is 12.8 Å². The van der Waals surface area contributed by atoms with Crippen LogP contribution in [-0.2, 0) is 0 Å². The highest BCUT2D eigenvalue weighted by molar-refractivity contribution is 5.97. The summed E-state index contributed by atoms with van der Waals surface area (Å²) in [6, 6.07) is 1.62. The van der Waals surface area contributed by atoms with Crippen molar-refractivity contribution in [2.45, 2.75) is 31.2 Å². The molecule has 5 heteroatoms. The zero-order valence-corrected chi connectivity index (χ0v) is 10.5. The molecule has 2 N–H and O–H groups in total. The van der Waals surface area contributed by atoms with Crippen LogP contribution in [-0.4, -0.2) is 35.3 Å². The molecule has 0 saturated heterocycles. The molecule has 0 unspecified atom stereocenters. The number of carbonyl (C=O) groups is 1. The summed E-state index contributed by atoms with van der Waals surface area (Å²) in [5.41, 5.74) is -0.0158. The number of aromatic nitrogens is 1. The van der Waals surface area contributed by atoms with E-state index in [1.54, 1.807) is 12.3 Å². The minimum Gasteiger partial charge on any atom is -0.494 e. The number of carbonyl (C=O) groups excluding carboxylic acids is 1. The highest BCUT2D eigenvalue weighted by Gasteiger charge is 2.35. The minimum absolute atomic E-state index is 0.0217. The summed E-state index contributed by atoms with van der Waals surface area (Å²) in [4.78, 5) is 16.1. The molecule has 5 nitrogen and oxygen atoms in total. The monoisotopic (exact) mass is 250 g/mol. The van der Waals surface area contributed by atoms with Crippen molar-refractivity contribution in [2.24, 2.45) is 0 Å². The molecule has 1 amide bonds. The van der Waals surface area contributed by atoms with Crippen molar-refractivity contribution in [3.8, 4) is 5.75 Å². The van der Waals surface area contributed by atoms with Crippen LogP contribution in [0.15, 0.2) is 18.5 Å². The van der Waals surface area contributed by atoms with Gasteiger partial charge in [0.15, 0.2) is 0 Å². The molecule has 1 aromatic rings. The summed E-state index contributed by atoms with van der Waals surface area (Å²) in [7, 11) is 1.51. The van der Waals surface area contributed by atoms with E-state index in [0.717, 1.165) is 25.7 Å². The Balaban J connectivity index is 2.16. The van der Waals surface area contributed by atoms with Crippen molar-refractivity contribution in [1.82, 2.24) is 10.3 Å². The van der Waals surface area contributed by atoms with Crippen molar-refractivity contribution < 1.29 is 14.6 Å². The van der Waals surface area contributed by atoms with Crippen LogP contribution in [0.3, 0.4) is 0 Å². The average molecular weight is 250 g/mol. The van der Waals surface area contributed by atoms with Gasteiger partial charge in [-0.3, -0.25) is 9.78 Å². The first-order valence-corrected chi connectivity index (χ1v) is 6.12. The van der Waals surface area contributed by atoms with Gasteiger partial charge in [-0.15, -0.1) is 0 Å². The number of nitrogens with one attached hydrogen (secondary N) is 1. The Bertz CT molecular complexity index is 428. The van der Waals surface area contributed by atoms with Gasteiger partial charge in [0.1, 0.15) is 5.75 Å². The predicted octanol–water partition coefficient (Wildman–Crippen LogP) is 1.13. The summed E-state index contributed by atoms with van der Waals surface area (Å²) >= 11 is 0. The van der Waals surface area contributed by atoms with Gasteiger partial charge in [-0.2, -0.15) is 0 Å². The standard InChI is InChI=1S/C13H18N2O3/c1-18-11-8-14-7-4-10(11)12(17)15-13(9-16)5-2-3-6-13/h4,7-8,16H,2-3,5-6,9H2,1H3,(H,15,17). The zero-order valence-electron chi connectivity index (χ0n) is 10.5. The maximum absolute atomic E-state index is 12.2. The lowest BCUT2D eigenvalue weighted by Crippen LogP contribution is -2.49. The normalized spacial score (nSPS) is 17.4. The number of rotatable bonds is 4. The molecule has 1 aromatic heterocycles. The molecule has 1 aliphatic rings. The Morgan fingerprint density at radius 3 is 2.89 bits per heavy atom. The molecule has 1 saturated carbocycles. The minimum atomic E-state index is -0.467. The van der Waals surface area contributed by atoms with Gasteiger partial charge in [0.25, 0.3) is 5.91 Å². The van der Waals surface area contributed by atoms with E-state index < -0.39 is 5.54 Å². The van der Waals surface area contributed by atoms with Gasteiger partial charge in [0, 0.05) is 6.20 Å². The molecule has 0 aliphatic heterocycles. The number of nitrogens with zero attached hydrogens (tertiary/aromatic N) is 1. The number of amides is 1. The number of ether oxygens (including phenoxy) is 1. The molecule has 0 radical (unpaired) electrons. The van der Waals surface area contributed by atoms with E-state index in [0.29, 0.717) is 11.3 Å². The Kier molecular flexibility index (Phi) is 3.81. The molecule has 2 rings (SSSR count). The fourth-order valence-electron chi connectivity index (χ4n) is 2.41. The molecule has 1 fully saturated rings. The van der Waals surface area contributed by atoms with E-state index in [1.165, 1.54) is 13.3 Å². The Morgan fingerprint density at radius 2 is 2.28 bits per heavy atom. The molecular formula is C13H18N2O3. The van der Waals surface area contributed by atoms with Crippen LogP contribution in [0.25, 0.3) is 0 Å². The second kappa shape index (κ2) is 5.35. The third-order valence-electron chi connectivity index (χ3n) is 3.49. The van der Waals surface area contributed by atoms with Crippen LogP contribution in [0.2, 0.25) is 0 Å². The summed E-state index contributed by atoms with van der Waals surface area (Å²) < 4.78 is 5.11. The second-order valence-corrected chi connectivity index (χ2v) is 4.68. The van der Waals surface area contributed by atoms with Crippen LogP contribution in [0.1, 0.15) is 36.0 Å². The van der Waals surface area contributed by atoms with Crippen LogP contribution < -0.4 is 10.1 Å². The maximum Gasteiger partial charge on any atom is 0.255 e. The van der Waals surface area contributed by atoms with E-state index in [-0.39, 0.29) is 12.5 Å². The van der Waals surface area contributed by atoms with Crippen molar-refractivity contribution >= 4 is 5.91 Å². The number of hydrogen-bond acceptors (Lipinski definition) is 4. The summed E-state index contributed by atoms with van der Waals surface area (Å²) in [6.07, 6.45) is 6.78. The molecule has 1 heterocycles. The lowest BCUT2D eigenvalue weighted by atomic mass is 9.98. The van der Waals surface area contributed by atoms with Gasteiger partial charge in [0.05, 0.1) is 31.0 Å². The third-order valence-corrected chi connectivity index (χ3v) is 3.49. The Morgan fingerprint density at radius 1 is 1.56 bits per heavy atom. The van der Waals surface area contributed by atoms with Crippen LogP contribution >= 0.6 is 0 Å². The molecule has 18 heavy (non-hydrogen) atoms. The molecule has 98 valence electrons. The van der Waals surface area contributed by atoms with E-state index in [9.17, 15) is 9.90 Å². The molecule has 1 aliphatic carbocycles. The van der Waals surface area contributed by atoms with E-state index in [2.05, 4.69) is 10.3 Å². The largest absolute Gasteiger partial charge is 0.494 e. The smallest absolute Gasteiger partial charge is 0.255 e. The molecule has 0 bridgehead atoms. The molecule has 0 spiro atoms. The van der Waals surface area contributed by atoms with Crippen molar-refractivity contribution in [3.63, 3.8) is 0 Å². The van der Waals surface area contributed by atoms with E-state index >= 15 is 0 Å². The summed E-state index contributed by atoms with van der Waals surface area (Å²) in [6.45, 7) is -0.0217. The lowest BCUT2D eigenvalue weighted by Gasteiger charge is -2.28. The van der Waals surface area contributed by atoms with Crippen molar-refractivity contribution in [1.29, 1.82) is 0 Å². The van der Waals surface area contributed by atoms with Gasteiger partial charge in [-0.25, -0.2) is 0 Å². The van der Waals surface area contributed by atoms with Crippen molar-refractivity contribution in [2.75, 3.05) is 13.7 Å². The number of pyridine rings is 1. The number of methoxy groups -OCH3 is 1. The van der Waals surface area contributed by atoms with Crippen LogP contribution in [0, 0.1) is 0 Å². The SMILES string of the molecule is COc1cnccc1C(=O)NC1(CO)CCCC1.